The standard InChI is InChI=1S/C11H18ClN3O4S/c1-5-6-11(2,10(16)19-4)14-20(17,18)9-8(12)7-13-15(9)3/h7,14H,5-6H2,1-4H3. The van der Waals surface area contributed by atoms with Crippen molar-refractivity contribution < 1.29 is 17.9 Å². The number of nitrogens with one attached hydrogen (secondary N) is 1. The van der Waals surface area contributed by atoms with Crippen LogP contribution in [0.2, 0.25) is 5.02 Å². The number of ether oxygens (including phenoxy) is 1. The largest absolute Gasteiger partial charge is 0.468 e. The Labute approximate surface area is 123 Å². The molecule has 0 aliphatic heterocycles. The van der Waals surface area contributed by atoms with Crippen molar-refractivity contribution in [1.82, 2.24) is 14.5 Å². The fourth-order valence-electron chi connectivity index (χ4n) is 1.97. The van der Waals surface area contributed by atoms with Crippen LogP contribution in [0, 0.1) is 0 Å². The van der Waals surface area contributed by atoms with Gasteiger partial charge in [0, 0.05) is 7.05 Å². The maximum atomic E-state index is 12.4. The van der Waals surface area contributed by atoms with Crippen LogP contribution in [0.3, 0.4) is 0 Å². The van der Waals surface area contributed by atoms with Crippen LogP contribution in [-0.2, 0) is 26.6 Å². The number of methoxy groups -OCH3 is 1. The molecular formula is C11H18ClN3O4S. The molecule has 1 N–H and O–H groups in total. The number of nitrogens with zero attached hydrogens (tertiary/aromatic N) is 2. The van der Waals surface area contributed by atoms with Gasteiger partial charge in [0.1, 0.15) is 5.54 Å². The quantitative estimate of drug-likeness (QED) is 0.791. The molecule has 1 unspecified atom stereocenters. The lowest BCUT2D eigenvalue weighted by atomic mass is 9.98. The molecule has 0 saturated carbocycles. The van der Waals surface area contributed by atoms with Gasteiger partial charge < -0.3 is 4.74 Å². The number of rotatable bonds is 6. The van der Waals surface area contributed by atoms with E-state index < -0.39 is 21.5 Å². The summed E-state index contributed by atoms with van der Waals surface area (Å²) in [5.74, 6) is -0.652. The van der Waals surface area contributed by atoms with Crippen LogP contribution in [-0.4, -0.2) is 36.8 Å². The lowest BCUT2D eigenvalue weighted by molar-refractivity contribution is -0.147. The van der Waals surface area contributed by atoms with Gasteiger partial charge in [0.05, 0.1) is 18.3 Å². The van der Waals surface area contributed by atoms with Crippen LogP contribution in [0.5, 0.6) is 0 Å². The highest BCUT2D eigenvalue weighted by atomic mass is 35.5. The molecule has 0 amide bonds. The first-order chi connectivity index (χ1) is 9.18. The highest BCUT2D eigenvalue weighted by Gasteiger charge is 2.39. The second-order valence-electron chi connectivity index (χ2n) is 4.60. The molecule has 0 fully saturated rings. The lowest BCUT2D eigenvalue weighted by Gasteiger charge is -2.27. The number of hydrogen-bond acceptors (Lipinski definition) is 5. The monoisotopic (exact) mass is 323 g/mol. The summed E-state index contributed by atoms with van der Waals surface area (Å²) in [7, 11) is -1.33. The first-order valence-corrected chi connectivity index (χ1v) is 7.84. The van der Waals surface area contributed by atoms with Crippen LogP contribution in [0.4, 0.5) is 0 Å². The average molecular weight is 324 g/mol. The fraction of sp³-hybridized carbons (Fsp3) is 0.636. The molecule has 0 saturated heterocycles. The third-order valence-electron chi connectivity index (χ3n) is 2.84. The summed E-state index contributed by atoms with van der Waals surface area (Å²) < 4.78 is 32.9. The predicted molar refractivity (Wildman–Crippen MR) is 73.9 cm³/mol. The molecule has 7 nitrogen and oxygen atoms in total. The number of hydrogen-bond donors (Lipinski definition) is 1. The van der Waals surface area contributed by atoms with Crippen molar-refractivity contribution in [2.45, 2.75) is 37.3 Å². The summed E-state index contributed by atoms with van der Waals surface area (Å²) in [4.78, 5) is 11.8. The van der Waals surface area contributed by atoms with Crippen LogP contribution >= 0.6 is 11.6 Å². The van der Waals surface area contributed by atoms with E-state index >= 15 is 0 Å². The van der Waals surface area contributed by atoms with E-state index in [0.29, 0.717) is 12.8 Å². The Bertz CT molecular complexity index is 579. The Balaban J connectivity index is 3.20. The van der Waals surface area contributed by atoms with Crippen LogP contribution in [0.1, 0.15) is 26.7 Å². The molecule has 0 radical (unpaired) electrons. The van der Waals surface area contributed by atoms with Gasteiger partial charge in [-0.1, -0.05) is 24.9 Å². The molecule has 0 bridgehead atoms. The van der Waals surface area contributed by atoms with E-state index in [0.717, 1.165) is 4.68 Å². The van der Waals surface area contributed by atoms with Crippen molar-refractivity contribution >= 4 is 27.6 Å². The van der Waals surface area contributed by atoms with Gasteiger partial charge in [-0.3, -0.25) is 9.48 Å². The number of carbonyl (C=O) groups excluding carboxylic acids is 1. The number of carbonyl (C=O) groups is 1. The van der Waals surface area contributed by atoms with E-state index in [1.807, 2.05) is 6.92 Å². The van der Waals surface area contributed by atoms with E-state index in [2.05, 4.69) is 14.6 Å². The smallest absolute Gasteiger partial charge is 0.326 e. The van der Waals surface area contributed by atoms with Gasteiger partial charge in [-0.2, -0.15) is 9.82 Å². The van der Waals surface area contributed by atoms with Gasteiger partial charge in [-0.15, -0.1) is 0 Å². The Morgan fingerprint density at radius 3 is 2.60 bits per heavy atom. The predicted octanol–water partition coefficient (Wildman–Crippen LogP) is 1.08. The number of aromatic nitrogens is 2. The number of sulfonamides is 1. The Kier molecular flexibility index (Phi) is 5.17. The molecule has 0 spiro atoms. The molecule has 9 heteroatoms. The molecule has 1 atom stereocenters. The third kappa shape index (κ3) is 3.31. The maximum Gasteiger partial charge on any atom is 0.326 e. The highest BCUT2D eigenvalue weighted by Crippen LogP contribution is 2.23. The van der Waals surface area contributed by atoms with Crippen LogP contribution in [0.25, 0.3) is 0 Å². The molecule has 1 heterocycles. The number of halogens is 1. The fourth-order valence-corrected chi connectivity index (χ4v) is 4.02. The first kappa shape index (κ1) is 16.9. The summed E-state index contributed by atoms with van der Waals surface area (Å²) in [6, 6.07) is 0. The molecule has 0 aliphatic rings. The van der Waals surface area contributed by atoms with Gasteiger partial charge >= 0.3 is 5.97 Å². The molecule has 1 aromatic heterocycles. The van der Waals surface area contributed by atoms with Crippen molar-refractivity contribution in [3.05, 3.63) is 11.2 Å². The van der Waals surface area contributed by atoms with Crippen molar-refractivity contribution in [2.24, 2.45) is 7.05 Å². The first-order valence-electron chi connectivity index (χ1n) is 5.98. The molecule has 0 aliphatic carbocycles. The van der Waals surface area contributed by atoms with Gasteiger partial charge in [0.25, 0.3) is 10.0 Å². The number of aryl methyl sites for hydroxylation is 1. The van der Waals surface area contributed by atoms with Crippen LogP contribution < -0.4 is 4.72 Å². The molecular weight excluding hydrogens is 306 g/mol. The normalized spacial score (nSPS) is 14.8. The average Bonchev–Trinajstić information content (AvgIpc) is 2.68. The van der Waals surface area contributed by atoms with Crippen molar-refractivity contribution in [3.63, 3.8) is 0 Å². The second kappa shape index (κ2) is 6.11. The van der Waals surface area contributed by atoms with Gasteiger partial charge in [-0.25, -0.2) is 8.42 Å². The van der Waals surface area contributed by atoms with E-state index in [-0.39, 0.29) is 10.0 Å². The zero-order chi connectivity index (χ0) is 15.6. The van der Waals surface area contributed by atoms with Crippen molar-refractivity contribution in [3.8, 4) is 0 Å². The van der Waals surface area contributed by atoms with E-state index in [1.54, 1.807) is 0 Å². The van der Waals surface area contributed by atoms with Crippen molar-refractivity contribution in [1.29, 1.82) is 0 Å². The summed E-state index contributed by atoms with van der Waals surface area (Å²) >= 11 is 5.83. The summed E-state index contributed by atoms with van der Waals surface area (Å²) in [6.07, 6.45) is 2.13. The zero-order valence-electron chi connectivity index (χ0n) is 11.8. The molecule has 0 aromatic carbocycles. The third-order valence-corrected chi connectivity index (χ3v) is 4.94. The van der Waals surface area contributed by atoms with Crippen molar-refractivity contribution in [2.75, 3.05) is 7.11 Å². The van der Waals surface area contributed by atoms with Gasteiger partial charge in [0.2, 0.25) is 0 Å². The summed E-state index contributed by atoms with van der Waals surface area (Å²) in [5, 5.41) is 3.57. The number of esters is 1. The minimum atomic E-state index is -4.00. The lowest BCUT2D eigenvalue weighted by Crippen LogP contribution is -2.52. The van der Waals surface area contributed by atoms with Gasteiger partial charge in [-0.05, 0) is 13.3 Å². The second-order valence-corrected chi connectivity index (χ2v) is 6.61. The SMILES string of the molecule is CCCC(C)(NS(=O)(=O)c1c(Cl)cnn1C)C(=O)OC. The summed E-state index contributed by atoms with van der Waals surface area (Å²) in [6.45, 7) is 3.32. The van der Waals surface area contributed by atoms with E-state index in [4.69, 9.17) is 11.6 Å². The minimum absolute atomic E-state index is 0.0104. The molecule has 20 heavy (non-hydrogen) atoms. The van der Waals surface area contributed by atoms with E-state index in [1.165, 1.54) is 27.3 Å². The molecule has 1 aromatic rings. The zero-order valence-corrected chi connectivity index (χ0v) is 13.4. The van der Waals surface area contributed by atoms with Crippen LogP contribution in [0.15, 0.2) is 11.2 Å². The Morgan fingerprint density at radius 2 is 2.20 bits per heavy atom. The minimum Gasteiger partial charge on any atom is -0.468 e. The topological polar surface area (TPSA) is 90.3 Å². The van der Waals surface area contributed by atoms with E-state index in [9.17, 15) is 13.2 Å². The Hall–Kier alpha value is -1.12. The highest BCUT2D eigenvalue weighted by molar-refractivity contribution is 7.89. The molecule has 114 valence electrons. The molecule has 1 rings (SSSR count). The maximum absolute atomic E-state index is 12.4. The van der Waals surface area contributed by atoms with Gasteiger partial charge in [0.15, 0.2) is 5.03 Å². The Morgan fingerprint density at radius 1 is 1.60 bits per heavy atom. The summed E-state index contributed by atoms with van der Waals surface area (Å²) in [5.41, 5.74) is -1.35.